The second-order valence-electron chi connectivity index (χ2n) is 4.78. The lowest BCUT2D eigenvalue weighted by molar-refractivity contribution is 0.178. The van der Waals surface area contributed by atoms with E-state index in [2.05, 4.69) is 34.3 Å². The first-order valence-electron chi connectivity index (χ1n) is 6.27. The molecule has 0 bridgehead atoms. The molecule has 0 saturated carbocycles. The topological polar surface area (TPSA) is 46.8 Å². The summed E-state index contributed by atoms with van der Waals surface area (Å²) >= 11 is 0. The molecule has 1 aliphatic heterocycles. The molecular formula is C11H21N5. The van der Waals surface area contributed by atoms with Crippen LogP contribution >= 0.6 is 0 Å². The normalized spacial score (nSPS) is 19.1. The fourth-order valence-electron chi connectivity index (χ4n) is 2.14. The molecule has 1 fully saturated rings. The van der Waals surface area contributed by atoms with Crippen molar-refractivity contribution < 1.29 is 0 Å². The molecule has 0 aliphatic carbocycles. The maximum atomic E-state index is 4.11. The Morgan fingerprint density at radius 2 is 2.06 bits per heavy atom. The van der Waals surface area contributed by atoms with E-state index in [1.165, 1.54) is 25.9 Å². The molecule has 1 aromatic rings. The Hall–Kier alpha value is -0.970. The molecule has 1 aromatic heterocycles. The number of nitrogens with zero attached hydrogens (tertiary/aromatic N) is 5. The summed E-state index contributed by atoms with van der Waals surface area (Å²) < 4.78 is 1.93. The molecule has 0 radical (unpaired) electrons. The number of hydrogen-bond acceptors (Lipinski definition) is 4. The summed E-state index contributed by atoms with van der Waals surface area (Å²) in [5.41, 5.74) is 0. The van der Waals surface area contributed by atoms with Gasteiger partial charge in [-0.15, -0.1) is 5.10 Å². The van der Waals surface area contributed by atoms with E-state index >= 15 is 0 Å². The van der Waals surface area contributed by atoms with Crippen LogP contribution in [0, 0.1) is 5.92 Å². The molecular weight excluding hydrogens is 202 g/mol. The third-order valence-electron chi connectivity index (χ3n) is 3.28. The fourth-order valence-corrected chi connectivity index (χ4v) is 2.14. The van der Waals surface area contributed by atoms with Crippen molar-refractivity contribution in [3.8, 4) is 0 Å². The van der Waals surface area contributed by atoms with Crippen molar-refractivity contribution in [1.29, 1.82) is 0 Å². The first-order valence-corrected chi connectivity index (χ1v) is 6.27. The van der Waals surface area contributed by atoms with E-state index in [0.717, 1.165) is 31.3 Å². The van der Waals surface area contributed by atoms with Crippen LogP contribution in [-0.2, 0) is 13.1 Å². The molecule has 0 N–H and O–H groups in total. The van der Waals surface area contributed by atoms with Crippen LogP contribution in [0.2, 0.25) is 0 Å². The van der Waals surface area contributed by atoms with Crippen molar-refractivity contribution in [2.24, 2.45) is 5.92 Å². The van der Waals surface area contributed by atoms with Gasteiger partial charge in [-0.25, -0.2) is 4.68 Å². The van der Waals surface area contributed by atoms with E-state index < -0.39 is 0 Å². The molecule has 5 nitrogen and oxygen atoms in total. The van der Waals surface area contributed by atoms with E-state index in [1.54, 1.807) is 0 Å². The van der Waals surface area contributed by atoms with Gasteiger partial charge in [-0.05, 0) is 48.7 Å². The first-order chi connectivity index (χ1) is 7.79. The lowest BCUT2D eigenvalue weighted by atomic mass is 9.99. The molecule has 0 aromatic carbocycles. The second-order valence-corrected chi connectivity index (χ2v) is 4.78. The van der Waals surface area contributed by atoms with Crippen LogP contribution in [-0.4, -0.2) is 38.2 Å². The summed E-state index contributed by atoms with van der Waals surface area (Å²) in [4.78, 5) is 2.46. The number of hydrogen-bond donors (Lipinski definition) is 0. The molecule has 1 saturated heterocycles. The first kappa shape index (κ1) is 11.5. The summed E-state index contributed by atoms with van der Waals surface area (Å²) in [7, 11) is 0. The van der Waals surface area contributed by atoms with Gasteiger partial charge in [0.1, 0.15) is 0 Å². The minimum atomic E-state index is 0.878. The highest BCUT2D eigenvalue weighted by Crippen LogP contribution is 2.17. The minimum absolute atomic E-state index is 0.878. The van der Waals surface area contributed by atoms with E-state index in [0.29, 0.717) is 0 Å². The second kappa shape index (κ2) is 5.39. The van der Waals surface area contributed by atoms with E-state index in [4.69, 9.17) is 0 Å². The molecule has 90 valence electrons. The van der Waals surface area contributed by atoms with Crippen molar-refractivity contribution >= 4 is 0 Å². The van der Waals surface area contributed by atoms with Crippen LogP contribution in [0.25, 0.3) is 0 Å². The predicted molar refractivity (Wildman–Crippen MR) is 61.8 cm³/mol. The van der Waals surface area contributed by atoms with Crippen LogP contribution < -0.4 is 0 Å². The Morgan fingerprint density at radius 1 is 1.31 bits per heavy atom. The Kier molecular flexibility index (Phi) is 3.88. The fraction of sp³-hybridized carbons (Fsp3) is 0.909. The average molecular weight is 223 g/mol. The van der Waals surface area contributed by atoms with Gasteiger partial charge in [0, 0.05) is 6.54 Å². The molecule has 0 atom stereocenters. The number of aromatic nitrogens is 4. The maximum Gasteiger partial charge on any atom is 0.165 e. The van der Waals surface area contributed by atoms with Gasteiger partial charge >= 0.3 is 0 Å². The molecule has 2 heterocycles. The van der Waals surface area contributed by atoms with Crippen LogP contribution in [0.1, 0.15) is 38.9 Å². The van der Waals surface area contributed by atoms with Crippen molar-refractivity contribution in [2.75, 3.05) is 13.1 Å². The summed E-state index contributed by atoms with van der Waals surface area (Å²) in [6.07, 6.45) is 3.68. The Bertz CT molecular complexity index is 314. The van der Waals surface area contributed by atoms with Gasteiger partial charge in [-0.3, -0.25) is 4.90 Å². The Balaban J connectivity index is 1.90. The predicted octanol–water partition coefficient (Wildman–Crippen LogP) is 1.31. The highest BCUT2D eigenvalue weighted by Gasteiger charge is 2.17. The van der Waals surface area contributed by atoms with Crippen molar-refractivity contribution in [3.05, 3.63) is 5.82 Å². The van der Waals surface area contributed by atoms with Gasteiger partial charge in [0.25, 0.3) is 0 Å². The van der Waals surface area contributed by atoms with Gasteiger partial charge < -0.3 is 0 Å². The Morgan fingerprint density at radius 3 is 2.75 bits per heavy atom. The molecule has 2 rings (SSSR count). The van der Waals surface area contributed by atoms with Gasteiger partial charge in [-0.2, -0.15) is 0 Å². The van der Waals surface area contributed by atoms with Crippen molar-refractivity contribution in [3.63, 3.8) is 0 Å². The molecule has 0 unspecified atom stereocenters. The zero-order chi connectivity index (χ0) is 11.4. The summed E-state index contributed by atoms with van der Waals surface area (Å²) in [5, 5.41) is 11.9. The number of rotatable bonds is 4. The average Bonchev–Trinajstić information content (AvgIpc) is 2.70. The summed E-state index contributed by atoms with van der Waals surface area (Å²) in [6, 6.07) is 0. The van der Waals surface area contributed by atoms with Crippen LogP contribution in [0.5, 0.6) is 0 Å². The molecule has 0 spiro atoms. The smallest absolute Gasteiger partial charge is 0.165 e. The van der Waals surface area contributed by atoms with E-state index in [-0.39, 0.29) is 0 Å². The summed E-state index contributed by atoms with van der Waals surface area (Å²) in [5.74, 6) is 1.89. The largest absolute Gasteiger partial charge is 0.296 e. The van der Waals surface area contributed by atoms with E-state index in [9.17, 15) is 0 Å². The number of tetrazole rings is 1. The maximum absolute atomic E-state index is 4.11. The standard InChI is InChI=1S/C11H21N5/c1-3-6-16-11(12-13-14-16)9-15-7-4-10(2)5-8-15/h10H,3-9H2,1-2H3. The van der Waals surface area contributed by atoms with Gasteiger partial charge in [0.2, 0.25) is 0 Å². The van der Waals surface area contributed by atoms with Crippen LogP contribution in [0.15, 0.2) is 0 Å². The third kappa shape index (κ3) is 2.78. The van der Waals surface area contributed by atoms with E-state index in [1.807, 2.05) is 4.68 Å². The number of aryl methyl sites for hydroxylation is 1. The number of likely N-dealkylation sites (tertiary alicyclic amines) is 1. The van der Waals surface area contributed by atoms with Crippen LogP contribution in [0.4, 0.5) is 0 Å². The third-order valence-corrected chi connectivity index (χ3v) is 3.28. The quantitative estimate of drug-likeness (QED) is 0.772. The monoisotopic (exact) mass is 223 g/mol. The lowest BCUT2D eigenvalue weighted by Crippen LogP contribution is -2.33. The number of piperidine rings is 1. The molecule has 5 heteroatoms. The zero-order valence-corrected chi connectivity index (χ0v) is 10.3. The van der Waals surface area contributed by atoms with Gasteiger partial charge in [0.05, 0.1) is 6.54 Å². The molecule has 0 amide bonds. The lowest BCUT2D eigenvalue weighted by Gasteiger charge is -2.29. The van der Waals surface area contributed by atoms with Crippen LogP contribution in [0.3, 0.4) is 0 Å². The highest BCUT2D eigenvalue weighted by atomic mass is 15.5. The van der Waals surface area contributed by atoms with Gasteiger partial charge in [-0.1, -0.05) is 13.8 Å². The van der Waals surface area contributed by atoms with Crippen molar-refractivity contribution in [1.82, 2.24) is 25.1 Å². The van der Waals surface area contributed by atoms with Gasteiger partial charge in [0.15, 0.2) is 5.82 Å². The SMILES string of the molecule is CCCn1nnnc1CN1CCC(C)CC1. The van der Waals surface area contributed by atoms with Crippen molar-refractivity contribution in [2.45, 2.75) is 46.2 Å². The molecule has 1 aliphatic rings. The highest BCUT2D eigenvalue weighted by molar-refractivity contribution is 4.82. The minimum Gasteiger partial charge on any atom is -0.296 e. The molecule has 16 heavy (non-hydrogen) atoms. The summed E-state index contributed by atoms with van der Waals surface area (Å²) in [6.45, 7) is 8.67. The Labute approximate surface area is 96.8 Å². The zero-order valence-electron chi connectivity index (χ0n) is 10.3.